The normalized spacial score (nSPS) is 12.0. The molecule has 0 fully saturated rings. The van der Waals surface area contributed by atoms with Gasteiger partial charge in [-0.25, -0.2) is 0 Å². The lowest BCUT2D eigenvalue weighted by Gasteiger charge is -2.24. The van der Waals surface area contributed by atoms with Crippen LogP contribution in [0, 0.1) is 5.92 Å². The van der Waals surface area contributed by atoms with Crippen LogP contribution in [0.1, 0.15) is 19.4 Å². The van der Waals surface area contributed by atoms with Gasteiger partial charge >= 0.3 is 0 Å². The molecule has 1 rings (SSSR count). The van der Waals surface area contributed by atoms with Crippen molar-refractivity contribution in [3.05, 3.63) is 29.8 Å². The van der Waals surface area contributed by atoms with Gasteiger partial charge in [0.1, 0.15) is 5.75 Å². The lowest BCUT2D eigenvalue weighted by molar-refractivity contribution is -0.130. The molecule has 0 bridgehead atoms. The smallest absolute Gasteiger partial charge is 0.227 e. The van der Waals surface area contributed by atoms with Crippen LogP contribution in [0.4, 0.5) is 0 Å². The Morgan fingerprint density at radius 2 is 2.11 bits per heavy atom. The number of amides is 1. The molecule has 0 aliphatic heterocycles. The molecule has 0 saturated carbocycles. The standard InChI is InChI=1S/C15H24N2O2/c1-4-17(11-12(2)10-16)15(18)9-13-7-5-6-8-14(13)19-3/h5-8,12H,4,9-11,16H2,1-3H3. The molecule has 0 radical (unpaired) electrons. The van der Waals surface area contributed by atoms with E-state index in [-0.39, 0.29) is 5.91 Å². The molecule has 2 N–H and O–H groups in total. The predicted molar refractivity (Wildman–Crippen MR) is 77.2 cm³/mol. The van der Waals surface area contributed by atoms with E-state index < -0.39 is 0 Å². The van der Waals surface area contributed by atoms with Crippen molar-refractivity contribution in [1.82, 2.24) is 4.90 Å². The van der Waals surface area contributed by atoms with Crippen molar-refractivity contribution in [3.63, 3.8) is 0 Å². The Morgan fingerprint density at radius 3 is 2.68 bits per heavy atom. The van der Waals surface area contributed by atoms with Gasteiger partial charge in [-0.1, -0.05) is 25.1 Å². The topological polar surface area (TPSA) is 55.6 Å². The molecule has 0 heterocycles. The summed E-state index contributed by atoms with van der Waals surface area (Å²) < 4.78 is 5.27. The minimum Gasteiger partial charge on any atom is -0.496 e. The molecular weight excluding hydrogens is 240 g/mol. The van der Waals surface area contributed by atoms with Gasteiger partial charge in [0, 0.05) is 18.7 Å². The van der Waals surface area contributed by atoms with Crippen LogP contribution in [0.25, 0.3) is 0 Å². The summed E-state index contributed by atoms with van der Waals surface area (Å²) in [5.41, 5.74) is 6.54. The van der Waals surface area contributed by atoms with Crippen LogP contribution in [0.5, 0.6) is 5.75 Å². The first-order chi connectivity index (χ1) is 9.12. The molecule has 0 aliphatic carbocycles. The number of ether oxygens (including phenoxy) is 1. The largest absolute Gasteiger partial charge is 0.496 e. The lowest BCUT2D eigenvalue weighted by atomic mass is 10.1. The number of hydrogen-bond donors (Lipinski definition) is 1. The van der Waals surface area contributed by atoms with Crippen LogP contribution >= 0.6 is 0 Å². The van der Waals surface area contributed by atoms with E-state index in [0.717, 1.165) is 11.3 Å². The van der Waals surface area contributed by atoms with Gasteiger partial charge in [0.05, 0.1) is 13.5 Å². The predicted octanol–water partition coefficient (Wildman–Crippen LogP) is 1.68. The Kier molecular flexibility index (Phi) is 6.36. The monoisotopic (exact) mass is 264 g/mol. The number of rotatable bonds is 7. The Labute approximate surface area is 115 Å². The molecule has 4 nitrogen and oxygen atoms in total. The fourth-order valence-electron chi connectivity index (χ4n) is 1.98. The molecule has 1 amide bonds. The summed E-state index contributed by atoms with van der Waals surface area (Å²) in [5, 5.41) is 0. The summed E-state index contributed by atoms with van der Waals surface area (Å²) in [7, 11) is 1.62. The van der Waals surface area contributed by atoms with Crippen molar-refractivity contribution in [1.29, 1.82) is 0 Å². The molecule has 0 aliphatic rings. The molecule has 106 valence electrons. The molecular formula is C15H24N2O2. The second-order valence-electron chi connectivity index (χ2n) is 4.76. The quantitative estimate of drug-likeness (QED) is 0.815. The zero-order valence-corrected chi connectivity index (χ0v) is 12.1. The first-order valence-corrected chi connectivity index (χ1v) is 6.72. The van der Waals surface area contributed by atoms with Crippen molar-refractivity contribution in [2.24, 2.45) is 11.7 Å². The number of para-hydroxylation sites is 1. The van der Waals surface area contributed by atoms with Gasteiger partial charge in [0.15, 0.2) is 0 Å². The SMILES string of the molecule is CCN(CC(C)CN)C(=O)Cc1ccccc1OC. The molecule has 0 saturated heterocycles. The summed E-state index contributed by atoms with van der Waals surface area (Å²) in [6.07, 6.45) is 0.370. The van der Waals surface area contributed by atoms with Gasteiger partial charge in [0.2, 0.25) is 5.91 Å². The molecule has 0 aromatic heterocycles. The van der Waals surface area contributed by atoms with Gasteiger partial charge in [-0.05, 0) is 25.5 Å². The number of carbonyl (C=O) groups excluding carboxylic acids is 1. The fourth-order valence-corrected chi connectivity index (χ4v) is 1.98. The summed E-state index contributed by atoms with van der Waals surface area (Å²) in [6.45, 7) is 6.06. The van der Waals surface area contributed by atoms with Gasteiger partial charge in [-0.15, -0.1) is 0 Å². The van der Waals surface area contributed by atoms with Crippen molar-refractivity contribution in [2.45, 2.75) is 20.3 Å². The van der Waals surface area contributed by atoms with Crippen LogP contribution in [-0.2, 0) is 11.2 Å². The van der Waals surface area contributed by atoms with E-state index in [2.05, 4.69) is 6.92 Å². The number of benzene rings is 1. The summed E-state index contributed by atoms with van der Waals surface area (Å²) in [5.74, 6) is 1.20. The minimum atomic E-state index is 0.118. The van der Waals surface area contributed by atoms with Crippen LogP contribution in [0.15, 0.2) is 24.3 Å². The molecule has 1 aromatic rings. The maximum atomic E-state index is 12.3. The third-order valence-electron chi connectivity index (χ3n) is 3.20. The van der Waals surface area contributed by atoms with Crippen molar-refractivity contribution in [3.8, 4) is 5.75 Å². The van der Waals surface area contributed by atoms with Crippen LogP contribution in [-0.4, -0.2) is 37.6 Å². The molecule has 1 unspecified atom stereocenters. The van der Waals surface area contributed by atoms with Gasteiger partial charge in [0.25, 0.3) is 0 Å². The number of nitrogens with zero attached hydrogens (tertiary/aromatic N) is 1. The zero-order valence-electron chi connectivity index (χ0n) is 12.1. The van der Waals surface area contributed by atoms with Gasteiger partial charge in [-0.2, -0.15) is 0 Å². The van der Waals surface area contributed by atoms with E-state index in [0.29, 0.717) is 32.0 Å². The molecule has 4 heteroatoms. The van der Waals surface area contributed by atoms with Gasteiger partial charge < -0.3 is 15.4 Å². The fraction of sp³-hybridized carbons (Fsp3) is 0.533. The van der Waals surface area contributed by atoms with E-state index in [1.807, 2.05) is 36.1 Å². The zero-order chi connectivity index (χ0) is 14.3. The highest BCUT2D eigenvalue weighted by Crippen LogP contribution is 2.18. The Morgan fingerprint density at radius 1 is 1.42 bits per heavy atom. The van der Waals surface area contributed by atoms with E-state index >= 15 is 0 Å². The van der Waals surface area contributed by atoms with E-state index in [1.54, 1.807) is 7.11 Å². The summed E-state index contributed by atoms with van der Waals surface area (Å²) in [4.78, 5) is 14.1. The van der Waals surface area contributed by atoms with E-state index in [9.17, 15) is 4.79 Å². The number of methoxy groups -OCH3 is 1. The third-order valence-corrected chi connectivity index (χ3v) is 3.20. The minimum absolute atomic E-state index is 0.118. The first-order valence-electron chi connectivity index (χ1n) is 6.72. The Bertz CT molecular complexity index is 407. The average Bonchev–Trinajstić information content (AvgIpc) is 2.44. The van der Waals surface area contributed by atoms with Crippen LogP contribution in [0.3, 0.4) is 0 Å². The highest BCUT2D eigenvalue weighted by Gasteiger charge is 2.16. The Balaban J connectivity index is 2.71. The molecule has 19 heavy (non-hydrogen) atoms. The van der Waals surface area contributed by atoms with Gasteiger partial charge in [-0.3, -0.25) is 4.79 Å². The number of nitrogens with two attached hydrogens (primary N) is 1. The summed E-state index contributed by atoms with van der Waals surface area (Å²) >= 11 is 0. The molecule has 0 spiro atoms. The third kappa shape index (κ3) is 4.56. The van der Waals surface area contributed by atoms with Crippen molar-refractivity contribution < 1.29 is 9.53 Å². The second-order valence-corrected chi connectivity index (χ2v) is 4.76. The molecule has 1 atom stereocenters. The number of hydrogen-bond acceptors (Lipinski definition) is 3. The summed E-state index contributed by atoms with van der Waals surface area (Å²) in [6, 6.07) is 7.63. The van der Waals surface area contributed by atoms with Crippen molar-refractivity contribution in [2.75, 3.05) is 26.7 Å². The van der Waals surface area contributed by atoms with Crippen molar-refractivity contribution >= 4 is 5.91 Å². The first kappa shape index (κ1) is 15.5. The highest BCUT2D eigenvalue weighted by molar-refractivity contribution is 5.79. The average molecular weight is 264 g/mol. The number of likely N-dealkylation sites (N-methyl/N-ethyl adjacent to an activating group) is 1. The Hall–Kier alpha value is -1.55. The molecule has 1 aromatic carbocycles. The van der Waals surface area contributed by atoms with E-state index in [1.165, 1.54) is 0 Å². The van der Waals surface area contributed by atoms with Crippen LogP contribution < -0.4 is 10.5 Å². The highest BCUT2D eigenvalue weighted by atomic mass is 16.5. The lowest BCUT2D eigenvalue weighted by Crippen LogP contribution is -2.37. The second kappa shape index (κ2) is 7.79. The maximum Gasteiger partial charge on any atom is 0.227 e. The number of carbonyl (C=O) groups is 1. The van der Waals surface area contributed by atoms with E-state index in [4.69, 9.17) is 10.5 Å². The maximum absolute atomic E-state index is 12.3. The van der Waals surface area contributed by atoms with Crippen LogP contribution in [0.2, 0.25) is 0 Å².